The van der Waals surface area contributed by atoms with E-state index in [2.05, 4.69) is 11.8 Å². The van der Waals surface area contributed by atoms with Crippen molar-refractivity contribution < 1.29 is 14.2 Å². The van der Waals surface area contributed by atoms with Gasteiger partial charge in [0.2, 0.25) is 0 Å². The van der Waals surface area contributed by atoms with Crippen LogP contribution in [0.5, 0.6) is 0 Å². The van der Waals surface area contributed by atoms with Gasteiger partial charge in [0, 0.05) is 44.6 Å². The number of nitrogens with two attached hydrogens (primary N) is 1. The smallest absolute Gasteiger partial charge is 0.170 e. The fourth-order valence-corrected chi connectivity index (χ4v) is 3.64. The van der Waals surface area contributed by atoms with Gasteiger partial charge < -0.3 is 19.9 Å². The van der Waals surface area contributed by atoms with Gasteiger partial charge in [-0.3, -0.25) is 4.90 Å². The van der Waals surface area contributed by atoms with Crippen molar-refractivity contribution in [1.82, 2.24) is 4.90 Å². The highest BCUT2D eigenvalue weighted by Gasteiger charge is 2.46. The largest absolute Gasteiger partial charge is 0.377 e. The minimum Gasteiger partial charge on any atom is -0.377 e. The minimum absolute atomic E-state index is 0.226. The maximum atomic E-state index is 6.36. The van der Waals surface area contributed by atoms with Crippen LogP contribution in [0.25, 0.3) is 0 Å². The van der Waals surface area contributed by atoms with E-state index in [0.717, 1.165) is 58.6 Å². The summed E-state index contributed by atoms with van der Waals surface area (Å²) in [4.78, 5) is 2.49. The van der Waals surface area contributed by atoms with Gasteiger partial charge in [0.25, 0.3) is 0 Å². The van der Waals surface area contributed by atoms with E-state index in [4.69, 9.17) is 19.9 Å². The zero-order chi connectivity index (χ0) is 13.3. The van der Waals surface area contributed by atoms with Crippen LogP contribution in [0.15, 0.2) is 0 Å². The number of nitrogens with zero attached hydrogens (tertiary/aromatic N) is 1. The molecule has 1 aliphatic carbocycles. The van der Waals surface area contributed by atoms with Crippen molar-refractivity contribution in [2.24, 2.45) is 5.73 Å². The van der Waals surface area contributed by atoms with Crippen LogP contribution in [0.4, 0.5) is 0 Å². The van der Waals surface area contributed by atoms with Crippen LogP contribution in [0.3, 0.4) is 0 Å². The Balaban J connectivity index is 1.69. The van der Waals surface area contributed by atoms with Gasteiger partial charge in [-0.15, -0.1) is 0 Å². The third-order valence-corrected chi connectivity index (χ3v) is 4.64. The maximum absolute atomic E-state index is 6.36. The Morgan fingerprint density at radius 1 is 1.21 bits per heavy atom. The molecule has 2 heterocycles. The minimum atomic E-state index is -0.350. The molecule has 3 atom stereocenters. The van der Waals surface area contributed by atoms with Crippen molar-refractivity contribution in [2.45, 2.75) is 56.6 Å². The van der Waals surface area contributed by atoms with E-state index in [1.165, 1.54) is 0 Å². The van der Waals surface area contributed by atoms with E-state index in [0.29, 0.717) is 6.04 Å². The highest BCUT2D eigenvalue weighted by molar-refractivity contribution is 4.95. The van der Waals surface area contributed by atoms with Gasteiger partial charge in [0.15, 0.2) is 5.79 Å². The lowest BCUT2D eigenvalue weighted by molar-refractivity contribution is -0.192. The maximum Gasteiger partial charge on any atom is 0.170 e. The summed E-state index contributed by atoms with van der Waals surface area (Å²) in [7, 11) is 0. The molecule has 0 radical (unpaired) electrons. The average molecular weight is 270 g/mol. The molecule has 0 aromatic rings. The first kappa shape index (κ1) is 13.8. The zero-order valence-electron chi connectivity index (χ0n) is 11.8. The molecule has 3 unspecified atom stereocenters. The molecule has 2 N–H and O–H groups in total. The second-order valence-electron chi connectivity index (χ2n) is 6.11. The van der Waals surface area contributed by atoms with Crippen LogP contribution in [0.2, 0.25) is 0 Å². The highest BCUT2D eigenvalue weighted by atomic mass is 16.7. The summed E-state index contributed by atoms with van der Waals surface area (Å²) < 4.78 is 17.5. The molecule has 5 nitrogen and oxygen atoms in total. The van der Waals surface area contributed by atoms with E-state index >= 15 is 0 Å². The van der Waals surface area contributed by atoms with Gasteiger partial charge in [-0.2, -0.15) is 0 Å². The molecule has 0 amide bonds. The SMILES string of the molecule is CC1CN(C2CC3(CCC2N)OCCO3)CCCO1. The molecule has 1 spiro atoms. The molecule has 0 aromatic carbocycles. The molecule has 0 bridgehead atoms. The van der Waals surface area contributed by atoms with Crippen LogP contribution >= 0.6 is 0 Å². The first-order valence-electron chi connectivity index (χ1n) is 7.58. The van der Waals surface area contributed by atoms with Crippen LogP contribution in [0, 0.1) is 0 Å². The third kappa shape index (κ3) is 2.95. The summed E-state index contributed by atoms with van der Waals surface area (Å²) in [6.45, 7) is 6.49. The summed E-state index contributed by atoms with van der Waals surface area (Å²) in [6, 6.07) is 0.583. The Bertz CT molecular complexity index is 307. The predicted molar refractivity (Wildman–Crippen MR) is 71.9 cm³/mol. The normalized spacial score (nSPS) is 40.4. The van der Waals surface area contributed by atoms with Crippen molar-refractivity contribution >= 4 is 0 Å². The quantitative estimate of drug-likeness (QED) is 0.761. The Labute approximate surface area is 115 Å². The Morgan fingerprint density at radius 3 is 2.79 bits per heavy atom. The van der Waals surface area contributed by atoms with Crippen LogP contribution < -0.4 is 5.73 Å². The summed E-state index contributed by atoms with van der Waals surface area (Å²) in [5.74, 6) is -0.350. The van der Waals surface area contributed by atoms with Gasteiger partial charge >= 0.3 is 0 Å². The Morgan fingerprint density at radius 2 is 2.00 bits per heavy atom. The molecule has 110 valence electrons. The molecule has 2 aliphatic heterocycles. The summed E-state index contributed by atoms with van der Waals surface area (Å²) in [6.07, 6.45) is 4.20. The first-order chi connectivity index (χ1) is 9.19. The number of rotatable bonds is 1. The van der Waals surface area contributed by atoms with Gasteiger partial charge in [-0.25, -0.2) is 0 Å². The van der Waals surface area contributed by atoms with Crippen molar-refractivity contribution in [3.8, 4) is 0 Å². The van der Waals surface area contributed by atoms with E-state index < -0.39 is 0 Å². The molecule has 3 fully saturated rings. The zero-order valence-corrected chi connectivity index (χ0v) is 11.8. The second-order valence-corrected chi connectivity index (χ2v) is 6.11. The first-order valence-corrected chi connectivity index (χ1v) is 7.58. The lowest BCUT2D eigenvalue weighted by Crippen LogP contribution is -2.57. The van der Waals surface area contributed by atoms with E-state index in [9.17, 15) is 0 Å². The predicted octanol–water partition coefficient (Wildman–Crippen LogP) is 0.720. The molecule has 1 saturated carbocycles. The van der Waals surface area contributed by atoms with Crippen molar-refractivity contribution in [3.63, 3.8) is 0 Å². The van der Waals surface area contributed by atoms with E-state index in [1.54, 1.807) is 0 Å². The molecular weight excluding hydrogens is 244 g/mol. The summed E-state index contributed by atoms with van der Waals surface area (Å²) >= 11 is 0. The number of hydrogen-bond acceptors (Lipinski definition) is 5. The number of hydrogen-bond donors (Lipinski definition) is 1. The fraction of sp³-hybridized carbons (Fsp3) is 1.00. The third-order valence-electron chi connectivity index (χ3n) is 4.64. The summed E-state index contributed by atoms with van der Waals surface area (Å²) in [5, 5.41) is 0. The number of ether oxygens (including phenoxy) is 3. The van der Waals surface area contributed by atoms with Gasteiger partial charge in [0.1, 0.15) is 0 Å². The monoisotopic (exact) mass is 270 g/mol. The van der Waals surface area contributed by atoms with Crippen LogP contribution in [-0.4, -0.2) is 61.8 Å². The van der Waals surface area contributed by atoms with Crippen molar-refractivity contribution in [3.05, 3.63) is 0 Å². The Kier molecular flexibility index (Phi) is 4.10. The van der Waals surface area contributed by atoms with Gasteiger partial charge in [-0.05, 0) is 19.8 Å². The van der Waals surface area contributed by atoms with Gasteiger partial charge in [0.05, 0.1) is 19.3 Å². The topological polar surface area (TPSA) is 57.0 Å². The van der Waals surface area contributed by atoms with Crippen LogP contribution in [0.1, 0.15) is 32.6 Å². The lowest BCUT2D eigenvalue weighted by atomic mass is 9.85. The molecule has 3 rings (SSSR count). The second kappa shape index (κ2) is 5.66. The van der Waals surface area contributed by atoms with E-state index in [-0.39, 0.29) is 17.9 Å². The molecule has 5 heteroatoms. The van der Waals surface area contributed by atoms with Gasteiger partial charge in [-0.1, -0.05) is 0 Å². The summed E-state index contributed by atoms with van der Waals surface area (Å²) in [5.41, 5.74) is 6.36. The average Bonchev–Trinajstić information content (AvgIpc) is 2.74. The van der Waals surface area contributed by atoms with E-state index in [1.807, 2.05) is 0 Å². The molecule has 3 aliphatic rings. The molecule has 0 aromatic heterocycles. The van der Waals surface area contributed by atoms with Crippen LogP contribution in [-0.2, 0) is 14.2 Å². The highest BCUT2D eigenvalue weighted by Crippen LogP contribution is 2.37. The lowest BCUT2D eigenvalue weighted by Gasteiger charge is -2.44. The van der Waals surface area contributed by atoms with Crippen molar-refractivity contribution in [1.29, 1.82) is 0 Å². The Hall–Kier alpha value is -0.200. The molecular formula is C14H26N2O3. The van der Waals surface area contributed by atoms with Crippen molar-refractivity contribution in [2.75, 3.05) is 32.9 Å². The molecule has 19 heavy (non-hydrogen) atoms. The molecule has 2 saturated heterocycles. The standard InChI is InChI=1S/C14H26N2O3/c1-11-10-16(5-2-6-17-11)13-9-14(4-3-12(13)15)18-7-8-19-14/h11-13H,2-10,15H2,1H3. The fourth-order valence-electron chi connectivity index (χ4n) is 3.64.